The zero-order chi connectivity index (χ0) is 54.9. The van der Waals surface area contributed by atoms with Crippen LogP contribution in [0.15, 0.2) is 227 Å². The van der Waals surface area contributed by atoms with E-state index < -0.39 is 10.8 Å². The fourth-order valence-electron chi connectivity index (χ4n) is 15.3. The summed E-state index contributed by atoms with van der Waals surface area (Å²) >= 11 is 0. The van der Waals surface area contributed by atoms with Crippen molar-refractivity contribution in [2.24, 2.45) is 0 Å². The van der Waals surface area contributed by atoms with E-state index in [1.54, 1.807) is 0 Å². The summed E-state index contributed by atoms with van der Waals surface area (Å²) in [6.45, 7) is 9.21. The summed E-state index contributed by atoms with van der Waals surface area (Å²) in [6.07, 6.45) is 0. The fourth-order valence-corrected chi connectivity index (χ4v) is 15.3. The monoisotopic (exact) mass is 1050 g/mol. The van der Waals surface area contributed by atoms with Gasteiger partial charge in [0.2, 0.25) is 0 Å². The summed E-state index contributed by atoms with van der Waals surface area (Å²) in [5.41, 5.74) is 23.2. The summed E-state index contributed by atoms with van der Waals surface area (Å²) in [4.78, 5) is 4.69. The van der Waals surface area contributed by atoms with E-state index in [1.165, 1.54) is 22.3 Å². The van der Waals surface area contributed by atoms with Crippen LogP contribution in [0.25, 0.3) is 66.1 Å². The molecular formula is C76H50N4O2. The summed E-state index contributed by atoms with van der Waals surface area (Å²) in [5.74, 6) is -0.639. The molecule has 3 aliphatic carbocycles. The number of furan rings is 2. The van der Waals surface area contributed by atoms with E-state index in [9.17, 15) is 10.5 Å². The molecule has 2 bridgehead atoms. The minimum absolute atomic E-state index is 0.311. The topological polar surface area (TPSA) is 80.3 Å². The molecule has 18 rings (SSSR count). The van der Waals surface area contributed by atoms with E-state index in [1.807, 2.05) is 24.3 Å². The SMILES string of the molecule is CC1(C)c2cc(-c3ccccc3)ccc2N(c2c(C#N)c(C#N)c(N3c4ccc(-c5ccccc5)cc4C(C)(C)c4c3ccc3c4oc4ccccc43)c3c2C2c4ccccc4C3c3ccccc32)c2ccc3c(oc4ccccc43)c21. The van der Waals surface area contributed by atoms with Crippen LogP contribution in [0.4, 0.5) is 34.1 Å². The highest BCUT2D eigenvalue weighted by Gasteiger charge is 2.51. The third-order valence-electron chi connectivity index (χ3n) is 18.8. The highest BCUT2D eigenvalue weighted by atomic mass is 16.3. The van der Waals surface area contributed by atoms with Gasteiger partial charge in [0.15, 0.2) is 0 Å². The van der Waals surface area contributed by atoms with Crippen molar-refractivity contribution in [2.45, 2.75) is 50.4 Å². The molecule has 0 atom stereocenters. The molecule has 13 aromatic rings. The molecule has 2 aromatic heterocycles. The number of anilines is 6. The van der Waals surface area contributed by atoms with Crippen LogP contribution >= 0.6 is 0 Å². The summed E-state index contributed by atoms with van der Waals surface area (Å²) in [5, 5.41) is 29.1. The van der Waals surface area contributed by atoms with Gasteiger partial charge >= 0.3 is 0 Å². The van der Waals surface area contributed by atoms with Crippen molar-refractivity contribution in [3.8, 4) is 34.4 Å². The molecule has 386 valence electrons. The molecule has 0 spiro atoms. The average Bonchev–Trinajstić information content (AvgIpc) is 2.64. The van der Waals surface area contributed by atoms with Gasteiger partial charge in [-0.3, -0.25) is 0 Å². The quantitative estimate of drug-likeness (QED) is 0.175. The summed E-state index contributed by atoms with van der Waals surface area (Å²) < 4.78 is 14.1. The second-order valence-corrected chi connectivity index (χ2v) is 23.6. The number of nitrogens with zero attached hydrogens (tertiary/aromatic N) is 4. The lowest BCUT2D eigenvalue weighted by molar-refractivity contribution is 0.601. The van der Waals surface area contributed by atoms with E-state index in [0.29, 0.717) is 22.5 Å². The molecular weight excluding hydrogens is 1000 g/mol. The molecule has 0 fully saturated rings. The van der Waals surface area contributed by atoms with E-state index in [-0.39, 0.29) is 11.8 Å². The average molecular weight is 1050 g/mol. The number of fused-ring (bicyclic) bond motifs is 12. The van der Waals surface area contributed by atoms with Gasteiger partial charge in [-0.05, 0) is 127 Å². The molecule has 0 unspecified atom stereocenters. The molecule has 82 heavy (non-hydrogen) atoms. The molecule has 0 saturated carbocycles. The first-order valence-corrected chi connectivity index (χ1v) is 28.3. The highest BCUT2D eigenvalue weighted by molar-refractivity contribution is 6.12. The first-order chi connectivity index (χ1) is 40.1. The Bertz CT molecular complexity index is 4680. The Morgan fingerprint density at radius 1 is 0.366 bits per heavy atom. The third kappa shape index (κ3) is 6.00. The van der Waals surface area contributed by atoms with Crippen molar-refractivity contribution in [2.75, 3.05) is 9.80 Å². The highest BCUT2D eigenvalue weighted by Crippen LogP contribution is 2.67. The number of para-hydroxylation sites is 2. The number of benzene rings is 11. The lowest BCUT2D eigenvalue weighted by atomic mass is 9.59. The molecule has 6 nitrogen and oxygen atoms in total. The van der Waals surface area contributed by atoms with Crippen molar-refractivity contribution >= 4 is 78.0 Å². The molecule has 0 radical (unpaired) electrons. The minimum atomic E-state index is -0.600. The van der Waals surface area contributed by atoms with Crippen molar-refractivity contribution in [3.05, 3.63) is 285 Å². The van der Waals surface area contributed by atoms with Gasteiger partial charge in [0.1, 0.15) is 34.5 Å². The predicted octanol–water partition coefficient (Wildman–Crippen LogP) is 19.8. The zero-order valence-electron chi connectivity index (χ0n) is 45.5. The Morgan fingerprint density at radius 2 is 0.720 bits per heavy atom. The van der Waals surface area contributed by atoms with Crippen LogP contribution in [0.2, 0.25) is 0 Å². The van der Waals surface area contributed by atoms with E-state index in [2.05, 4.69) is 244 Å². The Morgan fingerprint density at radius 3 is 1.11 bits per heavy atom. The van der Waals surface area contributed by atoms with Crippen LogP contribution in [0.5, 0.6) is 0 Å². The lowest BCUT2D eigenvalue weighted by Crippen LogP contribution is -2.36. The van der Waals surface area contributed by atoms with Gasteiger partial charge in [-0.2, -0.15) is 10.5 Å². The van der Waals surface area contributed by atoms with Crippen LogP contribution in [-0.2, 0) is 10.8 Å². The normalized spacial score (nSPS) is 16.4. The molecule has 11 aromatic carbocycles. The van der Waals surface area contributed by atoms with E-state index in [0.717, 1.165) is 122 Å². The maximum atomic E-state index is 12.5. The number of hydrogen-bond donors (Lipinski definition) is 0. The maximum absolute atomic E-state index is 12.5. The van der Waals surface area contributed by atoms with Gasteiger partial charge < -0.3 is 18.6 Å². The van der Waals surface area contributed by atoms with Gasteiger partial charge in [-0.15, -0.1) is 0 Å². The van der Waals surface area contributed by atoms with Gasteiger partial charge in [0.05, 0.1) is 45.3 Å². The standard InChI is InChI=1S/C76H50N4O2/c1-75(2)57-39-45(43-19-7-5-8-20-43)31-35-59(57)79(61-37-33-53-47-23-15-17-29-63(47)81-73(53)69(61)75)71-55(41-77)56(42-78)72(68-66-51-27-13-11-25-49(51)65(67(68)71)50-26-12-14-28-52(50)66)80-60-36-32-46(44-21-9-6-10-22-44)40-58(60)76(3,4)70-62(80)38-34-54-48-24-16-18-30-64(48)82-74(54)70/h5-40,65-66H,1-4H3. The minimum Gasteiger partial charge on any atom is -0.456 e. The second kappa shape index (κ2) is 16.6. The second-order valence-electron chi connectivity index (χ2n) is 23.6. The van der Waals surface area contributed by atoms with Gasteiger partial charge in [0, 0.05) is 55.3 Å². The Hall–Kier alpha value is -10.4. The molecule has 2 aliphatic heterocycles. The van der Waals surface area contributed by atoms with Gasteiger partial charge in [-0.25, -0.2) is 0 Å². The van der Waals surface area contributed by atoms with Crippen LogP contribution in [0.3, 0.4) is 0 Å². The van der Waals surface area contributed by atoms with E-state index in [4.69, 9.17) is 8.83 Å². The zero-order valence-corrected chi connectivity index (χ0v) is 45.5. The van der Waals surface area contributed by atoms with Crippen LogP contribution in [0.1, 0.15) is 106 Å². The van der Waals surface area contributed by atoms with Crippen molar-refractivity contribution in [1.82, 2.24) is 0 Å². The van der Waals surface area contributed by atoms with Crippen molar-refractivity contribution in [1.29, 1.82) is 10.5 Å². The largest absolute Gasteiger partial charge is 0.456 e. The fraction of sp³-hybridized carbons (Fsp3) is 0.105. The smallest absolute Gasteiger partial charge is 0.141 e. The molecule has 5 aliphatic rings. The summed E-state index contributed by atoms with van der Waals surface area (Å²) in [7, 11) is 0. The van der Waals surface area contributed by atoms with Crippen molar-refractivity contribution in [3.63, 3.8) is 0 Å². The number of rotatable bonds is 4. The summed E-state index contributed by atoms with van der Waals surface area (Å²) in [6, 6.07) is 83.4. The maximum Gasteiger partial charge on any atom is 0.141 e. The molecule has 0 saturated heterocycles. The third-order valence-corrected chi connectivity index (χ3v) is 18.8. The number of nitriles is 2. The first kappa shape index (κ1) is 46.5. The molecule has 4 heterocycles. The van der Waals surface area contributed by atoms with Crippen LogP contribution in [-0.4, -0.2) is 0 Å². The molecule has 0 N–H and O–H groups in total. The van der Waals surface area contributed by atoms with Crippen LogP contribution in [0, 0.1) is 22.7 Å². The Balaban J connectivity index is 1.04. The van der Waals surface area contributed by atoms with Gasteiger partial charge in [0.25, 0.3) is 0 Å². The first-order valence-electron chi connectivity index (χ1n) is 28.3. The molecule has 0 amide bonds. The predicted molar refractivity (Wildman–Crippen MR) is 330 cm³/mol. The Labute approximate surface area is 474 Å². The van der Waals surface area contributed by atoms with Crippen LogP contribution < -0.4 is 9.80 Å². The van der Waals surface area contributed by atoms with Gasteiger partial charge in [-0.1, -0.05) is 185 Å². The molecule has 6 heteroatoms. The lowest BCUT2D eigenvalue weighted by Gasteiger charge is -2.50. The van der Waals surface area contributed by atoms with E-state index >= 15 is 0 Å². The Kier molecular flexibility index (Phi) is 9.41. The van der Waals surface area contributed by atoms with Crippen molar-refractivity contribution < 1.29 is 8.83 Å². The number of hydrogen-bond acceptors (Lipinski definition) is 6.